The number of nitrogens with two attached hydrogens (primary N) is 1. The van der Waals surface area contributed by atoms with Gasteiger partial charge in [0.05, 0.1) is 40.5 Å². The molecule has 11 nitrogen and oxygen atoms in total. The van der Waals surface area contributed by atoms with Crippen LogP contribution in [-0.2, 0) is 21.0 Å². The number of carbonyl (C=O) groups excluding carboxylic acids is 1. The van der Waals surface area contributed by atoms with Crippen molar-refractivity contribution in [1.82, 2.24) is 19.5 Å². The van der Waals surface area contributed by atoms with Crippen LogP contribution in [0.2, 0.25) is 0 Å². The van der Waals surface area contributed by atoms with Gasteiger partial charge in [-0.3, -0.25) is 8.98 Å². The number of aromatic nitrogens is 4. The fourth-order valence-electron chi connectivity index (χ4n) is 4.69. The molecule has 1 fully saturated rings. The van der Waals surface area contributed by atoms with E-state index in [1.54, 1.807) is 6.33 Å². The molecule has 0 bridgehead atoms. The van der Waals surface area contributed by atoms with Crippen LogP contribution < -0.4 is 10.5 Å². The third kappa shape index (κ3) is 6.02. The maximum atomic E-state index is 13.4. The maximum absolute atomic E-state index is 13.4. The number of ketones is 1. The first-order chi connectivity index (χ1) is 17.8. The molecule has 3 heterocycles. The molecule has 4 N–H and O–H groups in total. The second-order valence-corrected chi connectivity index (χ2v) is 11.2. The number of anilines is 1. The predicted octanol–water partition coefficient (Wildman–Crippen LogP) is 2.33. The Hall–Kier alpha value is -3.23. The number of aliphatic hydroxyl groups excluding tert-OH is 1. The summed E-state index contributed by atoms with van der Waals surface area (Å²) in [6.45, 7) is 0.497. The quantitative estimate of drug-likeness (QED) is 0.255. The molecule has 0 amide bonds. The molecule has 0 spiro atoms. The minimum absolute atomic E-state index is 0.0971. The number of hydrogen-bond donors (Lipinski definition) is 3. The van der Waals surface area contributed by atoms with Crippen molar-refractivity contribution >= 4 is 44.3 Å². The van der Waals surface area contributed by atoms with Gasteiger partial charge in [0.1, 0.15) is 12.1 Å². The van der Waals surface area contributed by atoms with Crippen LogP contribution in [0.1, 0.15) is 40.1 Å². The molecule has 0 radical (unpaired) electrons. The van der Waals surface area contributed by atoms with Gasteiger partial charge < -0.3 is 15.0 Å². The maximum Gasteiger partial charge on any atom is 0.333 e. The molecular formula is C24H26N6O5S2. The summed E-state index contributed by atoms with van der Waals surface area (Å²) in [5.41, 5.74) is 3.28. The van der Waals surface area contributed by atoms with Crippen molar-refractivity contribution in [3.8, 4) is 0 Å². The van der Waals surface area contributed by atoms with Gasteiger partial charge in [-0.15, -0.1) is 11.3 Å². The first-order valence-corrected chi connectivity index (χ1v) is 14.1. The predicted molar refractivity (Wildman–Crippen MR) is 138 cm³/mol. The first kappa shape index (κ1) is 25.4. The van der Waals surface area contributed by atoms with E-state index in [1.165, 1.54) is 23.9 Å². The monoisotopic (exact) mass is 542 g/mol. The number of thiophene rings is 1. The van der Waals surface area contributed by atoms with Crippen molar-refractivity contribution < 1.29 is 22.5 Å². The molecule has 1 aromatic carbocycles. The largest absolute Gasteiger partial charge is 0.393 e. The fraction of sp³-hybridized carbons (Fsp3) is 0.333. The van der Waals surface area contributed by atoms with E-state index in [9.17, 15) is 18.3 Å². The smallest absolute Gasteiger partial charge is 0.333 e. The molecule has 37 heavy (non-hydrogen) atoms. The van der Waals surface area contributed by atoms with E-state index in [0.29, 0.717) is 42.1 Å². The molecule has 3 aromatic heterocycles. The van der Waals surface area contributed by atoms with Crippen LogP contribution in [0.15, 0.2) is 54.6 Å². The molecule has 3 atom stereocenters. The zero-order valence-electron chi connectivity index (χ0n) is 19.7. The Balaban J connectivity index is 1.25. The van der Waals surface area contributed by atoms with Crippen LogP contribution in [0.4, 0.5) is 5.82 Å². The first-order valence-electron chi connectivity index (χ1n) is 11.7. The lowest BCUT2D eigenvalue weighted by molar-refractivity contribution is 0.104. The Bertz CT molecular complexity index is 1520. The number of hydrogen-bond acceptors (Lipinski definition) is 10. The van der Waals surface area contributed by atoms with Crippen molar-refractivity contribution in [2.45, 2.75) is 38.0 Å². The van der Waals surface area contributed by atoms with Crippen LogP contribution in [0.5, 0.6) is 0 Å². The lowest BCUT2D eigenvalue weighted by Crippen LogP contribution is -2.20. The van der Waals surface area contributed by atoms with Gasteiger partial charge >= 0.3 is 10.3 Å². The molecule has 13 heteroatoms. The molecule has 0 aliphatic heterocycles. The average Bonchev–Trinajstić information content (AvgIpc) is 3.58. The van der Waals surface area contributed by atoms with Gasteiger partial charge in [0.25, 0.3) is 0 Å². The van der Waals surface area contributed by atoms with Crippen LogP contribution in [0.3, 0.4) is 0 Å². The standard InChI is InChI=1S/C24H26N6O5S2/c25-37(33,34)35-6-5-16-8-17(9-21(16)31)29-24-18(10-26-13-27-24)23(32)22-7-15(12-36-22)11-30-14-28-19-3-1-2-4-20(19)30/h1-4,7,10,12-14,16-17,21,31H,5-6,8-9,11H2,(H2,25,33,34)(H,26,27,29)/t16-,17+,21-/m0/s1. The number of fused-ring (bicyclic) bond motifs is 1. The molecule has 5 rings (SSSR count). The highest BCUT2D eigenvalue weighted by molar-refractivity contribution is 7.84. The van der Waals surface area contributed by atoms with Gasteiger partial charge in [-0.25, -0.2) is 20.1 Å². The summed E-state index contributed by atoms with van der Waals surface area (Å²) in [6.07, 6.45) is 5.35. The number of rotatable bonds is 10. The number of imidazole rings is 1. The Morgan fingerprint density at radius 3 is 2.95 bits per heavy atom. The summed E-state index contributed by atoms with van der Waals surface area (Å²) in [4.78, 5) is 26.7. The highest BCUT2D eigenvalue weighted by atomic mass is 32.2. The second kappa shape index (κ2) is 10.6. The van der Waals surface area contributed by atoms with Gasteiger partial charge in [0.15, 0.2) is 0 Å². The van der Waals surface area contributed by atoms with Crippen molar-refractivity contribution in [1.29, 1.82) is 0 Å². The van der Waals surface area contributed by atoms with E-state index in [4.69, 9.17) is 5.14 Å². The van der Waals surface area contributed by atoms with Crippen LogP contribution in [0.25, 0.3) is 11.0 Å². The summed E-state index contributed by atoms with van der Waals surface area (Å²) < 4.78 is 28.6. The Morgan fingerprint density at radius 2 is 2.11 bits per heavy atom. The van der Waals surface area contributed by atoms with Gasteiger partial charge in [-0.05, 0) is 54.3 Å². The van der Waals surface area contributed by atoms with Gasteiger partial charge in [-0.1, -0.05) is 12.1 Å². The van der Waals surface area contributed by atoms with Gasteiger partial charge in [0.2, 0.25) is 5.78 Å². The van der Waals surface area contributed by atoms with E-state index in [-0.39, 0.29) is 24.3 Å². The minimum Gasteiger partial charge on any atom is -0.393 e. The minimum atomic E-state index is -4.02. The van der Waals surface area contributed by atoms with Crippen LogP contribution >= 0.6 is 11.3 Å². The summed E-state index contributed by atoms with van der Waals surface area (Å²) in [7, 11) is -4.02. The number of para-hydroxylation sites is 2. The van der Waals surface area contributed by atoms with Gasteiger partial charge in [-0.2, -0.15) is 8.42 Å². The third-order valence-electron chi connectivity index (χ3n) is 6.45. The highest BCUT2D eigenvalue weighted by Crippen LogP contribution is 2.32. The highest BCUT2D eigenvalue weighted by Gasteiger charge is 2.34. The normalized spacial score (nSPS) is 19.9. The van der Waals surface area contributed by atoms with Crippen molar-refractivity contribution in [3.05, 3.63) is 70.6 Å². The molecule has 0 saturated heterocycles. The topological polar surface area (TPSA) is 162 Å². The van der Waals surface area contributed by atoms with E-state index in [2.05, 4.69) is 24.5 Å². The summed E-state index contributed by atoms with van der Waals surface area (Å²) in [5.74, 6) is 0.0417. The number of benzene rings is 1. The number of aliphatic hydroxyl groups is 1. The second-order valence-electron chi connectivity index (χ2n) is 9.04. The number of nitrogens with one attached hydrogen (secondary N) is 1. The summed E-state index contributed by atoms with van der Waals surface area (Å²) in [6, 6.07) is 9.62. The van der Waals surface area contributed by atoms with E-state index in [1.807, 2.05) is 40.3 Å². The molecule has 1 aliphatic carbocycles. The summed E-state index contributed by atoms with van der Waals surface area (Å²) >= 11 is 1.36. The number of nitrogens with zero attached hydrogens (tertiary/aromatic N) is 4. The Morgan fingerprint density at radius 1 is 1.27 bits per heavy atom. The Labute approximate surface area is 217 Å². The molecular weight excluding hydrogens is 516 g/mol. The van der Waals surface area contributed by atoms with Crippen molar-refractivity contribution in [3.63, 3.8) is 0 Å². The molecule has 1 aliphatic rings. The van der Waals surface area contributed by atoms with Crippen molar-refractivity contribution in [2.75, 3.05) is 11.9 Å². The van der Waals surface area contributed by atoms with E-state index < -0.39 is 16.4 Å². The van der Waals surface area contributed by atoms with Crippen LogP contribution in [0, 0.1) is 5.92 Å². The van der Waals surface area contributed by atoms with Crippen molar-refractivity contribution in [2.24, 2.45) is 11.1 Å². The van der Waals surface area contributed by atoms with Crippen LogP contribution in [-0.4, -0.2) is 57.6 Å². The zero-order valence-corrected chi connectivity index (χ0v) is 21.4. The van der Waals surface area contributed by atoms with E-state index in [0.717, 1.165) is 16.6 Å². The summed E-state index contributed by atoms with van der Waals surface area (Å²) in [5, 5.41) is 20.5. The molecule has 4 aromatic rings. The SMILES string of the molecule is NS(=O)(=O)OCC[C@H]1C[C@@H](Nc2ncncc2C(=O)c2cc(Cn3cnc4ccccc43)cs2)C[C@@H]1O. The van der Waals surface area contributed by atoms with Gasteiger partial charge in [0, 0.05) is 18.8 Å². The third-order valence-corrected chi connectivity index (χ3v) is 7.92. The zero-order chi connectivity index (χ0) is 26.0. The molecule has 194 valence electrons. The average molecular weight is 543 g/mol. The molecule has 1 saturated carbocycles. The lowest BCUT2D eigenvalue weighted by atomic mass is 10.0. The fourth-order valence-corrected chi connectivity index (χ4v) is 5.88. The molecule has 0 unspecified atom stereocenters. The number of carbonyl (C=O) groups is 1. The lowest BCUT2D eigenvalue weighted by Gasteiger charge is -2.15. The Kier molecular flexibility index (Phi) is 7.31. The van der Waals surface area contributed by atoms with E-state index >= 15 is 0 Å².